The number of amides is 1. The highest BCUT2D eigenvalue weighted by atomic mass is 16.3. The fourth-order valence-corrected chi connectivity index (χ4v) is 3.43. The van der Waals surface area contributed by atoms with Crippen LogP contribution in [-0.2, 0) is 6.54 Å². The van der Waals surface area contributed by atoms with Crippen molar-refractivity contribution in [3.05, 3.63) is 65.2 Å². The predicted molar refractivity (Wildman–Crippen MR) is 104 cm³/mol. The van der Waals surface area contributed by atoms with Gasteiger partial charge < -0.3 is 10.0 Å². The molecule has 4 heteroatoms. The molecule has 2 aromatic rings. The molecule has 3 rings (SSSR count). The van der Waals surface area contributed by atoms with Crippen molar-refractivity contribution in [3.63, 3.8) is 0 Å². The first-order valence-corrected chi connectivity index (χ1v) is 9.43. The summed E-state index contributed by atoms with van der Waals surface area (Å²) in [5, 5.41) is 10.2. The average Bonchev–Trinajstić information content (AvgIpc) is 2.88. The van der Waals surface area contributed by atoms with Gasteiger partial charge in [-0.3, -0.25) is 9.69 Å². The minimum atomic E-state index is -0.0634. The van der Waals surface area contributed by atoms with E-state index in [1.54, 1.807) is 6.07 Å². The van der Waals surface area contributed by atoms with Gasteiger partial charge in [-0.1, -0.05) is 50.2 Å². The van der Waals surface area contributed by atoms with E-state index in [0.717, 1.165) is 38.2 Å². The normalized spacial score (nSPS) is 15.9. The molecule has 0 atom stereocenters. The highest BCUT2D eigenvalue weighted by molar-refractivity contribution is 5.97. The third-order valence-electron chi connectivity index (χ3n) is 5.04. The van der Waals surface area contributed by atoms with Crippen molar-refractivity contribution in [3.8, 4) is 5.75 Å². The van der Waals surface area contributed by atoms with Crippen LogP contribution in [0.2, 0.25) is 0 Å². The maximum absolute atomic E-state index is 13.0. The third-order valence-corrected chi connectivity index (χ3v) is 5.04. The molecule has 0 aliphatic carbocycles. The highest BCUT2D eigenvalue weighted by Crippen LogP contribution is 2.25. The summed E-state index contributed by atoms with van der Waals surface area (Å²) in [5.74, 6) is 0.337. The third kappa shape index (κ3) is 4.44. The van der Waals surface area contributed by atoms with Crippen LogP contribution in [0.1, 0.15) is 47.7 Å². The summed E-state index contributed by atoms with van der Waals surface area (Å²) >= 11 is 0. The maximum atomic E-state index is 13.0. The van der Waals surface area contributed by atoms with Gasteiger partial charge in [-0.2, -0.15) is 0 Å². The van der Waals surface area contributed by atoms with Crippen molar-refractivity contribution in [1.82, 2.24) is 9.80 Å². The van der Waals surface area contributed by atoms with Gasteiger partial charge in [-0.05, 0) is 35.6 Å². The lowest BCUT2D eigenvalue weighted by molar-refractivity contribution is 0.0758. The largest absolute Gasteiger partial charge is 0.507 e. The minimum Gasteiger partial charge on any atom is -0.507 e. The summed E-state index contributed by atoms with van der Waals surface area (Å²) in [6.45, 7) is 8.35. The monoisotopic (exact) mass is 352 g/mol. The Hall–Kier alpha value is -2.33. The molecule has 26 heavy (non-hydrogen) atoms. The van der Waals surface area contributed by atoms with E-state index in [1.165, 1.54) is 5.56 Å². The Morgan fingerprint density at radius 2 is 1.81 bits per heavy atom. The van der Waals surface area contributed by atoms with Crippen LogP contribution in [0.3, 0.4) is 0 Å². The topological polar surface area (TPSA) is 43.8 Å². The number of carbonyl (C=O) groups is 1. The predicted octanol–water partition coefficient (Wildman–Crippen LogP) is 3.86. The number of phenols is 1. The molecule has 1 saturated heterocycles. The summed E-state index contributed by atoms with van der Waals surface area (Å²) in [6.07, 6.45) is 0.948. The first-order valence-electron chi connectivity index (χ1n) is 9.43. The smallest absolute Gasteiger partial charge is 0.257 e. The summed E-state index contributed by atoms with van der Waals surface area (Å²) in [6, 6.07) is 15.8. The molecule has 4 nitrogen and oxygen atoms in total. The Labute approximate surface area is 156 Å². The molecular weight excluding hydrogens is 324 g/mol. The van der Waals surface area contributed by atoms with Crippen LogP contribution < -0.4 is 0 Å². The molecule has 1 aliphatic rings. The number of hydrogen-bond acceptors (Lipinski definition) is 3. The van der Waals surface area contributed by atoms with E-state index in [4.69, 9.17) is 0 Å². The zero-order valence-corrected chi connectivity index (χ0v) is 15.7. The molecule has 1 aliphatic heterocycles. The van der Waals surface area contributed by atoms with E-state index in [1.807, 2.05) is 23.1 Å². The van der Waals surface area contributed by atoms with Gasteiger partial charge in [0.1, 0.15) is 5.75 Å². The summed E-state index contributed by atoms with van der Waals surface area (Å²) in [4.78, 5) is 17.2. The van der Waals surface area contributed by atoms with Gasteiger partial charge in [0.25, 0.3) is 5.91 Å². The second kappa shape index (κ2) is 8.37. The van der Waals surface area contributed by atoms with Crippen LogP contribution in [0.25, 0.3) is 0 Å². The molecule has 0 aromatic heterocycles. The highest BCUT2D eigenvalue weighted by Gasteiger charge is 2.23. The fraction of sp³-hybridized carbons (Fsp3) is 0.409. The molecule has 138 valence electrons. The molecule has 0 saturated carbocycles. The lowest BCUT2D eigenvalue weighted by Gasteiger charge is -2.23. The fourth-order valence-electron chi connectivity index (χ4n) is 3.43. The number of nitrogens with zero attached hydrogens (tertiary/aromatic N) is 2. The van der Waals surface area contributed by atoms with Crippen molar-refractivity contribution in [2.45, 2.75) is 32.7 Å². The number of rotatable bonds is 4. The first-order chi connectivity index (χ1) is 12.5. The summed E-state index contributed by atoms with van der Waals surface area (Å²) < 4.78 is 0. The van der Waals surface area contributed by atoms with Crippen molar-refractivity contribution in [2.75, 3.05) is 26.2 Å². The number of aromatic hydroxyl groups is 1. The van der Waals surface area contributed by atoms with Gasteiger partial charge in [-0.25, -0.2) is 0 Å². The van der Waals surface area contributed by atoms with Crippen LogP contribution in [0.5, 0.6) is 5.75 Å². The Balaban J connectivity index is 1.67. The maximum Gasteiger partial charge on any atom is 0.257 e. The van der Waals surface area contributed by atoms with E-state index in [0.29, 0.717) is 18.0 Å². The Kier molecular flexibility index (Phi) is 5.94. The lowest BCUT2D eigenvalue weighted by Crippen LogP contribution is -2.35. The van der Waals surface area contributed by atoms with Crippen molar-refractivity contribution in [2.24, 2.45) is 0 Å². The van der Waals surface area contributed by atoms with E-state index in [-0.39, 0.29) is 11.7 Å². The summed E-state index contributed by atoms with van der Waals surface area (Å²) in [5.41, 5.74) is 2.80. The Morgan fingerprint density at radius 1 is 1.04 bits per heavy atom. The molecule has 0 unspecified atom stereocenters. The molecule has 1 amide bonds. The summed E-state index contributed by atoms with van der Waals surface area (Å²) in [7, 11) is 0. The molecule has 0 bridgehead atoms. The molecule has 1 fully saturated rings. The van der Waals surface area contributed by atoms with E-state index < -0.39 is 0 Å². The standard InChI is InChI=1S/C22H28N2O2/c1-17(2)19-9-10-21(25)20(15-19)22(26)24-12-6-11-23(13-14-24)16-18-7-4-3-5-8-18/h3-5,7-10,15,17,25H,6,11-14,16H2,1-2H3. The van der Waals surface area contributed by atoms with E-state index in [2.05, 4.69) is 43.0 Å². The lowest BCUT2D eigenvalue weighted by atomic mass is 9.99. The van der Waals surface area contributed by atoms with E-state index >= 15 is 0 Å². The van der Waals surface area contributed by atoms with Crippen molar-refractivity contribution >= 4 is 5.91 Å². The van der Waals surface area contributed by atoms with Gasteiger partial charge in [0.05, 0.1) is 5.56 Å². The SMILES string of the molecule is CC(C)c1ccc(O)c(C(=O)N2CCCN(Cc3ccccc3)CC2)c1. The number of carbonyl (C=O) groups excluding carboxylic acids is 1. The molecule has 2 aromatic carbocycles. The zero-order chi connectivity index (χ0) is 18.5. The van der Waals surface area contributed by atoms with E-state index in [9.17, 15) is 9.90 Å². The molecule has 0 radical (unpaired) electrons. The van der Waals surface area contributed by atoms with Crippen LogP contribution >= 0.6 is 0 Å². The van der Waals surface area contributed by atoms with Crippen molar-refractivity contribution < 1.29 is 9.90 Å². The quantitative estimate of drug-likeness (QED) is 0.908. The second-order valence-electron chi connectivity index (χ2n) is 7.34. The van der Waals surface area contributed by atoms with Gasteiger partial charge >= 0.3 is 0 Å². The number of hydrogen-bond donors (Lipinski definition) is 1. The first kappa shape index (κ1) is 18.5. The van der Waals surface area contributed by atoms with Crippen LogP contribution in [-0.4, -0.2) is 47.0 Å². The van der Waals surface area contributed by atoms with Gasteiger partial charge in [0.15, 0.2) is 0 Å². The Morgan fingerprint density at radius 3 is 2.54 bits per heavy atom. The molecule has 0 spiro atoms. The Bertz CT molecular complexity index is 743. The number of phenolic OH excluding ortho intramolecular Hbond substituents is 1. The van der Waals surface area contributed by atoms with Gasteiger partial charge in [-0.15, -0.1) is 0 Å². The average molecular weight is 352 g/mol. The minimum absolute atomic E-state index is 0.0634. The van der Waals surface area contributed by atoms with Gasteiger partial charge in [0.2, 0.25) is 0 Å². The van der Waals surface area contributed by atoms with Gasteiger partial charge in [0, 0.05) is 32.7 Å². The molecule has 1 heterocycles. The molecule has 1 N–H and O–H groups in total. The van der Waals surface area contributed by atoms with Crippen molar-refractivity contribution in [1.29, 1.82) is 0 Å². The van der Waals surface area contributed by atoms with Crippen LogP contribution in [0.4, 0.5) is 0 Å². The van der Waals surface area contributed by atoms with Crippen LogP contribution in [0, 0.1) is 0 Å². The molecular formula is C22H28N2O2. The number of benzene rings is 2. The zero-order valence-electron chi connectivity index (χ0n) is 15.7. The second-order valence-corrected chi connectivity index (χ2v) is 7.34. The van der Waals surface area contributed by atoms with Crippen LogP contribution in [0.15, 0.2) is 48.5 Å².